The van der Waals surface area contributed by atoms with Crippen molar-refractivity contribution in [3.63, 3.8) is 0 Å². The van der Waals surface area contributed by atoms with Crippen LogP contribution < -0.4 is 15.1 Å². The highest BCUT2D eigenvalue weighted by Crippen LogP contribution is 2.45. The summed E-state index contributed by atoms with van der Waals surface area (Å²) in [4.78, 5) is 20.5. The average molecular weight is 733 g/mol. The highest BCUT2D eigenvalue weighted by Gasteiger charge is 2.36. The van der Waals surface area contributed by atoms with E-state index in [0.717, 1.165) is 58.4 Å². The van der Waals surface area contributed by atoms with E-state index in [4.69, 9.17) is 9.47 Å². The van der Waals surface area contributed by atoms with E-state index < -0.39 is 12.4 Å². The van der Waals surface area contributed by atoms with Crippen LogP contribution in [0.3, 0.4) is 0 Å². The highest BCUT2D eigenvalue weighted by atomic mass is 16.6. The Labute approximate surface area is 320 Å². The van der Waals surface area contributed by atoms with Crippen LogP contribution in [-0.2, 0) is 9.47 Å². The number of hydrogen-bond donors (Lipinski definition) is 3. The molecule has 1 saturated heterocycles. The molecule has 2 unspecified atom stereocenters. The Balaban J connectivity index is 0.860. The van der Waals surface area contributed by atoms with E-state index in [1.165, 1.54) is 39.2 Å². The van der Waals surface area contributed by atoms with E-state index in [2.05, 4.69) is 101 Å². The van der Waals surface area contributed by atoms with Gasteiger partial charge in [0.25, 0.3) is 0 Å². The van der Waals surface area contributed by atoms with E-state index in [0.29, 0.717) is 31.1 Å². The van der Waals surface area contributed by atoms with Crippen molar-refractivity contribution in [1.29, 1.82) is 0 Å². The third-order valence-corrected chi connectivity index (χ3v) is 11.6. The molecule has 4 aromatic rings. The number of likely N-dealkylation sites (N-methyl/N-ethyl adjacent to an activating group) is 2. The zero-order valence-corrected chi connectivity index (χ0v) is 31.8. The van der Waals surface area contributed by atoms with E-state index in [1.807, 2.05) is 30.3 Å². The van der Waals surface area contributed by atoms with Crippen LogP contribution in [0, 0.1) is 0 Å². The van der Waals surface area contributed by atoms with Gasteiger partial charge in [0, 0.05) is 24.6 Å². The Hall–Kier alpha value is -4.41. The molecule has 0 bridgehead atoms. The number of carbonyl (C=O) groups is 1. The third-order valence-electron chi connectivity index (χ3n) is 11.6. The van der Waals surface area contributed by atoms with Gasteiger partial charge < -0.3 is 39.7 Å². The molecule has 0 radical (unpaired) electrons. The summed E-state index contributed by atoms with van der Waals surface area (Å²) in [5, 5.41) is 23.7. The maximum absolute atomic E-state index is 13.1. The largest absolute Gasteiger partial charge is 0.449 e. The SMILES string of the molecule is CCN1c2ccc(C3CCN(CCCC[C@H](O)COC(O)c4ccccc4)CC3)cc2N(CC)C1CNC(=O)OCC1c2ccccc2-c2ccccc21. The maximum Gasteiger partial charge on any atom is 0.407 e. The first-order valence-corrected chi connectivity index (χ1v) is 20.0. The summed E-state index contributed by atoms with van der Waals surface area (Å²) in [6.07, 6.45) is 2.93. The van der Waals surface area contributed by atoms with E-state index in [1.54, 1.807) is 0 Å². The van der Waals surface area contributed by atoms with Crippen LogP contribution in [0.1, 0.15) is 86.3 Å². The molecule has 2 aliphatic heterocycles. The number of hydrogen-bond acceptors (Lipinski definition) is 8. The second-order valence-electron chi connectivity index (χ2n) is 14.9. The van der Waals surface area contributed by atoms with E-state index in [-0.39, 0.29) is 24.8 Å². The number of piperidine rings is 1. The van der Waals surface area contributed by atoms with Gasteiger partial charge in [0.2, 0.25) is 0 Å². The van der Waals surface area contributed by atoms with Crippen LogP contribution >= 0.6 is 0 Å². The molecule has 1 fully saturated rings. The van der Waals surface area contributed by atoms with E-state index in [9.17, 15) is 15.0 Å². The number of ether oxygens (including phenoxy) is 2. The van der Waals surface area contributed by atoms with Crippen molar-refractivity contribution in [3.8, 4) is 11.1 Å². The summed E-state index contributed by atoms with van der Waals surface area (Å²) in [6, 6.07) is 33.1. The minimum Gasteiger partial charge on any atom is -0.449 e. The number of unbranched alkanes of at least 4 members (excludes halogenated alkanes) is 1. The Kier molecular flexibility index (Phi) is 12.5. The van der Waals surface area contributed by atoms with E-state index >= 15 is 0 Å². The van der Waals surface area contributed by atoms with Gasteiger partial charge in [-0.3, -0.25) is 0 Å². The monoisotopic (exact) mass is 732 g/mol. The van der Waals surface area contributed by atoms with Gasteiger partial charge in [-0.1, -0.05) is 84.9 Å². The molecule has 0 aromatic heterocycles. The number of likely N-dealkylation sites (tertiary alicyclic amines) is 1. The van der Waals surface area contributed by atoms with Gasteiger partial charge in [-0.25, -0.2) is 4.79 Å². The van der Waals surface area contributed by atoms with Crippen molar-refractivity contribution in [3.05, 3.63) is 119 Å². The first kappa shape index (κ1) is 37.9. The van der Waals surface area contributed by atoms with Crippen molar-refractivity contribution < 1.29 is 24.5 Å². The first-order valence-electron chi connectivity index (χ1n) is 20.0. The number of benzene rings is 4. The molecule has 1 amide bonds. The number of anilines is 2. The second-order valence-corrected chi connectivity index (χ2v) is 14.9. The molecule has 1 aliphatic carbocycles. The number of carbonyl (C=O) groups excluding carboxylic acids is 1. The fourth-order valence-electron chi connectivity index (χ4n) is 8.77. The standard InChI is InChI=1S/C45H56N4O5/c1-3-48-41-22-21-34(32-23-26-47(27-24-32)25-13-12-16-35(50)30-53-44(51)33-14-6-5-7-15-33)28-42(41)49(4-2)43(48)29-46-45(52)54-31-40-38-19-10-8-17-36(38)37-18-9-11-20-39(37)40/h5-11,14-15,17-22,28,32,35,40,43-44,50-51H,3-4,12-13,16,23-27,29-31H2,1-2H3,(H,46,52)/t35-,43?,44?/m0/s1. The normalized spacial score (nSPS) is 18.3. The quantitative estimate of drug-likeness (QED) is 0.0800. The van der Waals surface area contributed by atoms with Gasteiger partial charge in [-0.15, -0.1) is 0 Å². The lowest BCUT2D eigenvalue weighted by Gasteiger charge is -2.33. The molecular formula is C45H56N4O5. The van der Waals surface area contributed by atoms with Gasteiger partial charge in [-0.05, 0) is 111 Å². The van der Waals surface area contributed by atoms with Gasteiger partial charge in [0.05, 0.1) is 30.6 Å². The number of nitrogens with zero attached hydrogens (tertiary/aromatic N) is 3. The summed E-state index contributed by atoms with van der Waals surface area (Å²) >= 11 is 0. The number of alkyl carbamates (subject to hydrolysis) is 1. The predicted octanol–water partition coefficient (Wildman–Crippen LogP) is 7.64. The minimum absolute atomic E-state index is 0.0200. The van der Waals surface area contributed by atoms with Crippen molar-refractivity contribution >= 4 is 17.5 Å². The molecule has 4 aromatic carbocycles. The molecule has 3 atom stereocenters. The average Bonchev–Trinajstić information content (AvgIpc) is 3.71. The number of rotatable bonds is 16. The Morgan fingerprint density at radius 1 is 0.815 bits per heavy atom. The summed E-state index contributed by atoms with van der Waals surface area (Å²) in [5.74, 6) is 0.559. The van der Waals surface area contributed by atoms with Crippen LogP contribution in [0.15, 0.2) is 97.1 Å². The zero-order chi connectivity index (χ0) is 37.4. The van der Waals surface area contributed by atoms with Crippen molar-refractivity contribution in [2.24, 2.45) is 0 Å². The predicted molar refractivity (Wildman–Crippen MR) is 215 cm³/mol. The van der Waals surface area contributed by atoms with Gasteiger partial charge in [0.1, 0.15) is 12.8 Å². The van der Waals surface area contributed by atoms with Crippen molar-refractivity contribution in [2.45, 2.75) is 76.3 Å². The molecule has 286 valence electrons. The maximum atomic E-state index is 13.1. The molecule has 54 heavy (non-hydrogen) atoms. The fraction of sp³-hybridized carbons (Fsp3) is 0.444. The molecule has 9 heteroatoms. The molecular weight excluding hydrogens is 677 g/mol. The Bertz CT molecular complexity index is 1780. The number of nitrogens with one attached hydrogen (secondary N) is 1. The summed E-state index contributed by atoms with van der Waals surface area (Å²) in [7, 11) is 0. The topological polar surface area (TPSA) is 97.7 Å². The van der Waals surface area contributed by atoms with Gasteiger partial charge in [-0.2, -0.15) is 0 Å². The lowest BCUT2D eigenvalue weighted by atomic mass is 9.89. The molecule has 9 nitrogen and oxygen atoms in total. The van der Waals surface area contributed by atoms with Crippen LogP contribution in [0.4, 0.5) is 16.2 Å². The smallest absolute Gasteiger partial charge is 0.407 e. The zero-order valence-electron chi connectivity index (χ0n) is 31.8. The van der Waals surface area contributed by atoms with Crippen LogP contribution in [0.5, 0.6) is 0 Å². The summed E-state index contributed by atoms with van der Waals surface area (Å²) in [5.41, 5.74) is 9.44. The minimum atomic E-state index is -1.01. The molecule has 0 saturated carbocycles. The number of amides is 1. The van der Waals surface area contributed by atoms with Crippen molar-refractivity contribution in [2.75, 3.05) is 62.3 Å². The Morgan fingerprint density at radius 2 is 1.46 bits per heavy atom. The number of fused-ring (bicyclic) bond motifs is 4. The molecule has 3 aliphatic rings. The fourth-order valence-corrected chi connectivity index (χ4v) is 8.77. The van der Waals surface area contributed by atoms with Crippen LogP contribution in [0.2, 0.25) is 0 Å². The second kappa shape index (κ2) is 17.8. The lowest BCUT2D eigenvalue weighted by Crippen LogP contribution is -2.50. The number of aliphatic hydroxyl groups excluding tert-OH is 2. The Morgan fingerprint density at radius 3 is 2.15 bits per heavy atom. The highest BCUT2D eigenvalue weighted by molar-refractivity contribution is 5.80. The first-order chi connectivity index (χ1) is 26.4. The van der Waals surface area contributed by atoms with Crippen LogP contribution in [-0.4, -0.2) is 86.0 Å². The molecule has 7 rings (SSSR count). The molecule has 3 N–H and O–H groups in total. The summed E-state index contributed by atoms with van der Waals surface area (Å²) < 4.78 is 11.4. The van der Waals surface area contributed by atoms with Gasteiger partial charge >= 0.3 is 6.09 Å². The summed E-state index contributed by atoms with van der Waals surface area (Å²) in [6.45, 7) is 10.1. The van der Waals surface area contributed by atoms with Crippen molar-refractivity contribution in [1.82, 2.24) is 10.2 Å². The van der Waals surface area contributed by atoms with Gasteiger partial charge in [0.15, 0.2) is 6.29 Å². The lowest BCUT2D eigenvalue weighted by molar-refractivity contribution is -0.126. The van der Waals surface area contributed by atoms with Crippen LogP contribution in [0.25, 0.3) is 11.1 Å². The molecule has 0 spiro atoms. The molecule has 2 heterocycles. The third kappa shape index (κ3) is 8.45. The number of aliphatic hydroxyl groups is 2.